The van der Waals surface area contributed by atoms with Crippen LogP contribution < -0.4 is 10.6 Å². The van der Waals surface area contributed by atoms with Crippen molar-refractivity contribution < 1.29 is 9.53 Å². The van der Waals surface area contributed by atoms with Crippen molar-refractivity contribution in [2.45, 2.75) is 12.0 Å². The number of guanidine groups is 1. The van der Waals surface area contributed by atoms with Gasteiger partial charge in [0.15, 0.2) is 5.96 Å². The third-order valence-corrected chi connectivity index (χ3v) is 3.05. The van der Waals surface area contributed by atoms with Crippen molar-refractivity contribution in [1.82, 2.24) is 15.5 Å². The number of likely N-dealkylation sites (N-methyl/N-ethyl adjacent to an activating group) is 1. The van der Waals surface area contributed by atoms with Crippen LogP contribution in [0.4, 0.5) is 0 Å². The zero-order chi connectivity index (χ0) is 11.6. The van der Waals surface area contributed by atoms with Gasteiger partial charge in [-0.15, -0.1) is 0 Å². The molecule has 2 aliphatic heterocycles. The zero-order valence-electron chi connectivity index (χ0n) is 9.75. The second-order valence-corrected chi connectivity index (χ2v) is 4.37. The molecular weight excluding hydrogens is 208 g/mol. The number of methoxy groups -OCH3 is 1. The molecule has 0 aromatic rings. The molecule has 2 heterocycles. The molecule has 0 radical (unpaired) electrons. The lowest BCUT2D eigenvalue weighted by Gasteiger charge is -2.19. The van der Waals surface area contributed by atoms with E-state index in [1.54, 1.807) is 7.11 Å². The van der Waals surface area contributed by atoms with E-state index in [4.69, 9.17) is 4.74 Å². The number of hydrogen-bond donors (Lipinski definition) is 2. The first-order valence-corrected chi connectivity index (χ1v) is 5.48. The highest BCUT2D eigenvalue weighted by molar-refractivity contribution is 6.09. The molecule has 6 nitrogen and oxygen atoms in total. The number of likely N-dealkylation sites (tertiary alicyclic amines) is 1. The number of ether oxygens (including phenoxy) is 1. The summed E-state index contributed by atoms with van der Waals surface area (Å²) in [6, 6.07) is 0. The number of carbonyl (C=O) groups is 1. The summed E-state index contributed by atoms with van der Waals surface area (Å²) < 4.78 is 4.91. The molecule has 1 atom stereocenters. The Bertz CT molecular complexity index is 318. The third kappa shape index (κ3) is 2.03. The second-order valence-electron chi connectivity index (χ2n) is 4.37. The van der Waals surface area contributed by atoms with Gasteiger partial charge in [-0.1, -0.05) is 0 Å². The molecule has 2 saturated heterocycles. The summed E-state index contributed by atoms with van der Waals surface area (Å²) in [5, 5.41) is 5.98. The third-order valence-electron chi connectivity index (χ3n) is 3.05. The molecule has 0 aliphatic carbocycles. The summed E-state index contributed by atoms with van der Waals surface area (Å²) in [7, 11) is 3.65. The average Bonchev–Trinajstić information content (AvgIpc) is 2.74. The van der Waals surface area contributed by atoms with E-state index < -0.39 is 5.54 Å². The number of nitrogens with one attached hydrogen (secondary N) is 2. The van der Waals surface area contributed by atoms with Crippen LogP contribution in [0.25, 0.3) is 0 Å². The van der Waals surface area contributed by atoms with Crippen molar-refractivity contribution >= 4 is 11.9 Å². The van der Waals surface area contributed by atoms with E-state index in [1.807, 2.05) is 7.05 Å². The number of nitrogens with zero attached hydrogens (tertiary/aromatic N) is 2. The minimum atomic E-state index is -0.458. The van der Waals surface area contributed by atoms with Gasteiger partial charge in [0.2, 0.25) is 0 Å². The van der Waals surface area contributed by atoms with Crippen molar-refractivity contribution in [2.75, 3.05) is 40.4 Å². The molecule has 6 heteroatoms. The molecule has 0 aromatic carbocycles. The summed E-state index contributed by atoms with van der Waals surface area (Å²) in [5.74, 6) is 0.616. The molecule has 1 unspecified atom stereocenters. The Morgan fingerprint density at radius 3 is 3.06 bits per heavy atom. The lowest BCUT2D eigenvalue weighted by molar-refractivity contribution is -0.123. The Balaban J connectivity index is 1.99. The van der Waals surface area contributed by atoms with Gasteiger partial charge in [0.05, 0.1) is 13.2 Å². The minimum absolute atomic E-state index is 0.0352. The first-order chi connectivity index (χ1) is 7.66. The van der Waals surface area contributed by atoms with Crippen molar-refractivity contribution in [3.05, 3.63) is 0 Å². The van der Waals surface area contributed by atoms with Gasteiger partial charge in [-0.2, -0.15) is 0 Å². The van der Waals surface area contributed by atoms with Crippen LogP contribution in [-0.4, -0.2) is 62.7 Å². The van der Waals surface area contributed by atoms with Gasteiger partial charge in [0.25, 0.3) is 5.91 Å². The first kappa shape index (κ1) is 11.3. The van der Waals surface area contributed by atoms with E-state index in [0.29, 0.717) is 19.1 Å². The number of hydrogen-bond acceptors (Lipinski definition) is 4. The van der Waals surface area contributed by atoms with Crippen LogP contribution >= 0.6 is 0 Å². The van der Waals surface area contributed by atoms with Crippen LogP contribution in [0.1, 0.15) is 6.42 Å². The molecule has 2 aliphatic rings. The summed E-state index contributed by atoms with van der Waals surface area (Å²) in [6.45, 7) is 2.80. The van der Waals surface area contributed by atoms with Gasteiger partial charge >= 0.3 is 0 Å². The van der Waals surface area contributed by atoms with Crippen LogP contribution in [0.2, 0.25) is 0 Å². The van der Waals surface area contributed by atoms with E-state index >= 15 is 0 Å². The SMILES string of the molecule is COCCN=C1NC(=O)C2(CCN(C)C2)N1. The van der Waals surface area contributed by atoms with E-state index in [2.05, 4.69) is 20.5 Å². The monoisotopic (exact) mass is 226 g/mol. The largest absolute Gasteiger partial charge is 0.383 e. The van der Waals surface area contributed by atoms with Crippen molar-refractivity contribution in [3.63, 3.8) is 0 Å². The molecule has 2 rings (SSSR count). The van der Waals surface area contributed by atoms with Crippen LogP contribution in [-0.2, 0) is 9.53 Å². The summed E-state index contributed by atoms with van der Waals surface area (Å²) in [4.78, 5) is 18.3. The van der Waals surface area contributed by atoms with E-state index in [9.17, 15) is 4.79 Å². The van der Waals surface area contributed by atoms with E-state index in [-0.39, 0.29) is 5.91 Å². The Hall–Kier alpha value is -1.14. The molecule has 90 valence electrons. The number of amides is 1. The molecule has 2 fully saturated rings. The standard InChI is InChI=1S/C10H18N4O2/c1-14-5-3-10(7-14)8(15)12-9(13-10)11-4-6-16-2/h3-7H2,1-2H3,(H2,11,12,13,15). The summed E-state index contributed by atoms with van der Waals surface area (Å²) in [5.41, 5.74) is -0.458. The van der Waals surface area contributed by atoms with Crippen LogP contribution in [0.5, 0.6) is 0 Å². The number of carbonyl (C=O) groups excluding carboxylic acids is 1. The Labute approximate surface area is 95.0 Å². The van der Waals surface area contributed by atoms with Gasteiger partial charge < -0.3 is 15.0 Å². The molecular formula is C10H18N4O2. The van der Waals surface area contributed by atoms with Gasteiger partial charge in [-0.05, 0) is 13.5 Å². The van der Waals surface area contributed by atoms with Crippen LogP contribution in [0.3, 0.4) is 0 Å². The Morgan fingerprint density at radius 2 is 2.44 bits per heavy atom. The predicted octanol–water partition coefficient (Wildman–Crippen LogP) is -1.22. The van der Waals surface area contributed by atoms with Gasteiger partial charge in [0, 0.05) is 20.2 Å². The Kier molecular flexibility index (Phi) is 3.11. The molecule has 0 aromatic heterocycles. The summed E-state index contributed by atoms with van der Waals surface area (Å²) >= 11 is 0. The quantitative estimate of drug-likeness (QED) is 0.592. The lowest BCUT2D eigenvalue weighted by Crippen LogP contribution is -2.48. The van der Waals surface area contributed by atoms with Gasteiger partial charge in [-0.25, -0.2) is 0 Å². The van der Waals surface area contributed by atoms with E-state index in [0.717, 1.165) is 19.5 Å². The highest BCUT2D eigenvalue weighted by Gasteiger charge is 2.48. The zero-order valence-corrected chi connectivity index (χ0v) is 9.75. The maximum Gasteiger partial charge on any atom is 0.253 e. The lowest BCUT2D eigenvalue weighted by atomic mass is 10.00. The van der Waals surface area contributed by atoms with Gasteiger partial charge in [0.1, 0.15) is 5.54 Å². The average molecular weight is 226 g/mol. The molecule has 0 bridgehead atoms. The molecule has 0 saturated carbocycles. The van der Waals surface area contributed by atoms with Crippen molar-refractivity contribution in [1.29, 1.82) is 0 Å². The highest BCUT2D eigenvalue weighted by Crippen LogP contribution is 2.23. The highest BCUT2D eigenvalue weighted by atomic mass is 16.5. The number of rotatable bonds is 3. The second kappa shape index (κ2) is 4.39. The fourth-order valence-corrected chi connectivity index (χ4v) is 2.16. The fraction of sp³-hybridized carbons (Fsp3) is 0.800. The first-order valence-electron chi connectivity index (χ1n) is 5.48. The maximum atomic E-state index is 11.9. The smallest absolute Gasteiger partial charge is 0.253 e. The summed E-state index contributed by atoms with van der Waals surface area (Å²) in [6.07, 6.45) is 0.832. The van der Waals surface area contributed by atoms with E-state index in [1.165, 1.54) is 0 Å². The van der Waals surface area contributed by atoms with Gasteiger partial charge in [-0.3, -0.25) is 15.1 Å². The molecule has 1 spiro atoms. The molecule has 16 heavy (non-hydrogen) atoms. The minimum Gasteiger partial charge on any atom is -0.383 e. The number of aliphatic imine (C=N–C) groups is 1. The normalized spacial score (nSPS) is 32.4. The fourth-order valence-electron chi connectivity index (χ4n) is 2.16. The topological polar surface area (TPSA) is 66.0 Å². The maximum absolute atomic E-state index is 11.9. The van der Waals surface area contributed by atoms with Crippen LogP contribution in [0, 0.1) is 0 Å². The van der Waals surface area contributed by atoms with Crippen molar-refractivity contribution in [3.8, 4) is 0 Å². The predicted molar refractivity (Wildman–Crippen MR) is 60.3 cm³/mol. The van der Waals surface area contributed by atoms with Crippen molar-refractivity contribution in [2.24, 2.45) is 4.99 Å². The molecule has 1 amide bonds. The Morgan fingerprint density at radius 1 is 1.62 bits per heavy atom. The molecule has 2 N–H and O–H groups in total. The van der Waals surface area contributed by atoms with Crippen LogP contribution in [0.15, 0.2) is 4.99 Å².